The monoisotopic (exact) mass is 237 g/mol. The number of carboxylic acid groups (broad SMARTS) is 1. The minimum atomic E-state index is -4.41. The van der Waals surface area contributed by atoms with Gasteiger partial charge in [0, 0.05) is 5.69 Å². The van der Waals surface area contributed by atoms with E-state index < -0.39 is 30.1 Å². The number of hydrogen-bond acceptors (Lipinski definition) is 2. The van der Waals surface area contributed by atoms with E-state index in [9.17, 15) is 22.4 Å². The molecule has 0 unspecified atom stereocenters. The van der Waals surface area contributed by atoms with E-state index in [0.29, 0.717) is 6.07 Å². The summed E-state index contributed by atoms with van der Waals surface area (Å²) in [6, 6.07) is 2.67. The van der Waals surface area contributed by atoms with Gasteiger partial charge in [-0.2, -0.15) is 13.2 Å². The van der Waals surface area contributed by atoms with E-state index in [-0.39, 0.29) is 5.69 Å². The lowest BCUT2D eigenvalue weighted by molar-refractivity contribution is -0.115. The van der Waals surface area contributed by atoms with E-state index in [2.05, 4.69) is 0 Å². The molecule has 3 nitrogen and oxygen atoms in total. The van der Waals surface area contributed by atoms with Gasteiger partial charge in [-0.25, -0.2) is 9.18 Å². The molecule has 0 saturated heterocycles. The van der Waals surface area contributed by atoms with Crippen molar-refractivity contribution in [1.29, 1.82) is 0 Å². The second-order valence-electron chi connectivity index (χ2n) is 2.97. The summed E-state index contributed by atoms with van der Waals surface area (Å²) in [5.74, 6) is -2.56. The summed E-state index contributed by atoms with van der Waals surface area (Å²) >= 11 is 0. The highest BCUT2D eigenvalue weighted by Crippen LogP contribution is 2.18. The first kappa shape index (κ1) is 12.3. The van der Waals surface area contributed by atoms with Crippen molar-refractivity contribution in [3.63, 3.8) is 0 Å². The molecule has 0 atom stereocenters. The molecule has 0 radical (unpaired) electrons. The van der Waals surface area contributed by atoms with E-state index >= 15 is 0 Å². The van der Waals surface area contributed by atoms with Crippen molar-refractivity contribution in [3.8, 4) is 0 Å². The van der Waals surface area contributed by atoms with Crippen molar-refractivity contribution in [1.82, 2.24) is 0 Å². The molecule has 0 aromatic heterocycles. The van der Waals surface area contributed by atoms with E-state index in [1.165, 1.54) is 0 Å². The Morgan fingerprint density at radius 3 is 2.44 bits per heavy atom. The van der Waals surface area contributed by atoms with Crippen LogP contribution in [0.2, 0.25) is 0 Å². The summed E-state index contributed by atoms with van der Waals surface area (Å²) < 4.78 is 48.4. The molecule has 0 aliphatic heterocycles. The number of carboxylic acids is 1. The highest BCUT2D eigenvalue weighted by molar-refractivity contribution is 5.88. The Labute approximate surface area is 87.7 Å². The summed E-state index contributed by atoms with van der Waals surface area (Å²) in [6.07, 6.45) is -4.41. The van der Waals surface area contributed by atoms with Crippen molar-refractivity contribution in [2.24, 2.45) is 0 Å². The van der Waals surface area contributed by atoms with Crippen LogP contribution in [0.4, 0.5) is 23.2 Å². The Morgan fingerprint density at radius 2 is 2.00 bits per heavy atom. The maximum absolute atomic E-state index is 13.0. The van der Waals surface area contributed by atoms with Gasteiger partial charge in [0.05, 0.1) is 5.56 Å². The van der Waals surface area contributed by atoms with Gasteiger partial charge in [-0.15, -0.1) is 0 Å². The predicted molar refractivity (Wildman–Crippen MR) is 47.9 cm³/mol. The van der Waals surface area contributed by atoms with Crippen LogP contribution in [0, 0.1) is 5.82 Å². The van der Waals surface area contributed by atoms with Crippen LogP contribution >= 0.6 is 0 Å². The molecular formula is C9H7F4NO2. The van der Waals surface area contributed by atoms with Crippen LogP contribution in [0.3, 0.4) is 0 Å². The molecule has 2 N–H and O–H groups in total. The molecule has 1 aromatic carbocycles. The number of halogens is 4. The fourth-order valence-electron chi connectivity index (χ4n) is 1.00. The lowest BCUT2D eigenvalue weighted by atomic mass is 10.2. The number of carbonyl (C=O) groups is 1. The molecule has 7 heteroatoms. The molecule has 0 bridgehead atoms. The third-order valence-electron chi connectivity index (χ3n) is 1.69. The third-order valence-corrected chi connectivity index (χ3v) is 1.69. The first-order valence-electron chi connectivity index (χ1n) is 4.13. The number of benzene rings is 1. The number of rotatable bonds is 3. The predicted octanol–water partition coefficient (Wildman–Crippen LogP) is 2.50. The Hall–Kier alpha value is -1.79. The normalized spacial score (nSPS) is 11.2. The second-order valence-corrected chi connectivity index (χ2v) is 2.97. The lowest BCUT2D eigenvalue weighted by Gasteiger charge is -2.09. The van der Waals surface area contributed by atoms with Crippen LogP contribution in [-0.2, 0) is 0 Å². The molecular weight excluding hydrogens is 230 g/mol. The maximum atomic E-state index is 13.0. The summed E-state index contributed by atoms with van der Waals surface area (Å²) in [6.45, 7) is -1.31. The van der Waals surface area contributed by atoms with Crippen LogP contribution in [0.25, 0.3) is 0 Å². The summed E-state index contributed by atoms with van der Waals surface area (Å²) in [4.78, 5) is 10.4. The van der Waals surface area contributed by atoms with E-state index in [4.69, 9.17) is 5.11 Å². The highest BCUT2D eigenvalue weighted by Gasteiger charge is 2.26. The molecule has 16 heavy (non-hydrogen) atoms. The zero-order valence-corrected chi connectivity index (χ0v) is 7.81. The topological polar surface area (TPSA) is 49.3 Å². The summed E-state index contributed by atoms with van der Waals surface area (Å²) in [5, 5.41) is 10.4. The Bertz CT molecular complexity index is 403. The summed E-state index contributed by atoms with van der Waals surface area (Å²) in [5.41, 5.74) is -0.711. The van der Waals surface area contributed by atoms with Crippen molar-refractivity contribution in [3.05, 3.63) is 29.6 Å². The number of nitrogens with one attached hydrogen (secondary N) is 1. The number of alkyl halides is 3. The minimum Gasteiger partial charge on any atom is -0.478 e. The number of aromatic carboxylic acids is 1. The number of hydrogen-bond donors (Lipinski definition) is 2. The average Bonchev–Trinajstić information content (AvgIpc) is 2.13. The van der Waals surface area contributed by atoms with Crippen molar-refractivity contribution < 1.29 is 27.5 Å². The highest BCUT2D eigenvalue weighted by atomic mass is 19.4. The van der Waals surface area contributed by atoms with E-state index in [0.717, 1.165) is 12.1 Å². The largest absolute Gasteiger partial charge is 0.478 e. The molecule has 0 aliphatic carbocycles. The van der Waals surface area contributed by atoms with Gasteiger partial charge in [0.1, 0.15) is 12.4 Å². The quantitative estimate of drug-likeness (QED) is 0.794. The van der Waals surface area contributed by atoms with Gasteiger partial charge in [-0.05, 0) is 18.2 Å². The van der Waals surface area contributed by atoms with E-state index in [1.54, 1.807) is 0 Å². The van der Waals surface area contributed by atoms with Crippen LogP contribution in [0.15, 0.2) is 18.2 Å². The summed E-state index contributed by atoms with van der Waals surface area (Å²) in [7, 11) is 0. The van der Waals surface area contributed by atoms with Gasteiger partial charge < -0.3 is 10.4 Å². The third kappa shape index (κ3) is 3.41. The maximum Gasteiger partial charge on any atom is 0.405 e. The molecule has 0 saturated carbocycles. The van der Waals surface area contributed by atoms with Gasteiger partial charge >= 0.3 is 12.1 Å². The van der Waals surface area contributed by atoms with Crippen LogP contribution < -0.4 is 5.32 Å². The zero-order valence-electron chi connectivity index (χ0n) is 7.81. The Kier molecular flexibility index (Phi) is 3.36. The smallest absolute Gasteiger partial charge is 0.405 e. The van der Waals surface area contributed by atoms with Gasteiger partial charge in [-0.3, -0.25) is 0 Å². The molecule has 1 rings (SSSR count). The van der Waals surface area contributed by atoms with Crippen molar-refractivity contribution >= 4 is 11.7 Å². The fraction of sp³-hybridized carbons (Fsp3) is 0.222. The lowest BCUT2D eigenvalue weighted by Crippen LogP contribution is -2.21. The van der Waals surface area contributed by atoms with Crippen molar-refractivity contribution in [2.75, 3.05) is 11.9 Å². The molecule has 1 aromatic rings. The molecule has 0 fully saturated rings. The molecule has 0 heterocycles. The first-order valence-corrected chi connectivity index (χ1v) is 4.13. The molecule has 0 aliphatic rings. The van der Waals surface area contributed by atoms with E-state index in [1.807, 2.05) is 5.32 Å². The van der Waals surface area contributed by atoms with Crippen LogP contribution in [0.1, 0.15) is 10.4 Å². The number of anilines is 1. The van der Waals surface area contributed by atoms with Gasteiger partial charge in [0.25, 0.3) is 0 Å². The van der Waals surface area contributed by atoms with Gasteiger partial charge in [0.15, 0.2) is 0 Å². The van der Waals surface area contributed by atoms with Gasteiger partial charge in [-0.1, -0.05) is 0 Å². The minimum absolute atomic E-state index is 0.125. The van der Waals surface area contributed by atoms with Crippen LogP contribution in [-0.4, -0.2) is 23.8 Å². The Balaban J connectivity index is 2.78. The van der Waals surface area contributed by atoms with Crippen LogP contribution in [0.5, 0.6) is 0 Å². The Morgan fingerprint density at radius 1 is 1.38 bits per heavy atom. The molecule has 88 valence electrons. The first-order chi connectivity index (χ1) is 7.29. The standard InChI is InChI=1S/C9H7F4NO2/c10-7-3-5(14-4-9(11,12)13)1-2-6(7)8(15)16/h1-3,14H,4H2,(H,15,16). The van der Waals surface area contributed by atoms with Crippen molar-refractivity contribution in [2.45, 2.75) is 6.18 Å². The fourth-order valence-corrected chi connectivity index (χ4v) is 1.00. The second kappa shape index (κ2) is 4.38. The van der Waals surface area contributed by atoms with Gasteiger partial charge in [0.2, 0.25) is 0 Å². The zero-order chi connectivity index (χ0) is 12.3. The average molecular weight is 237 g/mol. The SMILES string of the molecule is O=C(O)c1ccc(NCC(F)(F)F)cc1F. The molecule has 0 amide bonds. The molecule has 0 spiro atoms.